The van der Waals surface area contributed by atoms with E-state index in [-0.39, 0.29) is 5.25 Å². The van der Waals surface area contributed by atoms with Crippen LogP contribution >= 0.6 is 0 Å². The Morgan fingerprint density at radius 3 is 2.55 bits per heavy atom. The zero-order valence-corrected chi connectivity index (χ0v) is 13.7. The van der Waals surface area contributed by atoms with E-state index in [1.165, 1.54) is 6.42 Å². The van der Waals surface area contributed by atoms with E-state index in [2.05, 4.69) is 26.1 Å². The molecule has 1 aromatic rings. The van der Waals surface area contributed by atoms with Gasteiger partial charge in [-0.2, -0.15) is 0 Å². The highest BCUT2D eigenvalue weighted by Crippen LogP contribution is 2.34. The van der Waals surface area contributed by atoms with Gasteiger partial charge < -0.3 is 5.32 Å². The molecule has 1 fully saturated rings. The molecule has 2 nitrogen and oxygen atoms in total. The fourth-order valence-electron chi connectivity index (χ4n) is 3.23. The van der Waals surface area contributed by atoms with Crippen molar-refractivity contribution in [3.63, 3.8) is 0 Å². The molecule has 1 N–H and O–H groups in total. The highest BCUT2D eigenvalue weighted by atomic mass is 32.2. The smallest absolute Gasteiger partial charge is 0.0576 e. The van der Waals surface area contributed by atoms with Gasteiger partial charge in [0.25, 0.3) is 0 Å². The largest absolute Gasteiger partial charge is 0.313 e. The van der Waals surface area contributed by atoms with Crippen LogP contribution in [0.4, 0.5) is 0 Å². The number of hydrogen-bond donors (Lipinski definition) is 1. The zero-order valence-electron chi connectivity index (χ0n) is 12.8. The molecule has 20 heavy (non-hydrogen) atoms. The van der Waals surface area contributed by atoms with Gasteiger partial charge in [0.05, 0.1) is 16.0 Å². The summed E-state index contributed by atoms with van der Waals surface area (Å²) in [4.78, 5) is 0.977. The van der Waals surface area contributed by atoms with Crippen LogP contribution < -0.4 is 5.32 Å². The Hall–Kier alpha value is -0.670. The summed E-state index contributed by atoms with van der Waals surface area (Å²) in [5, 5.41) is 3.80. The van der Waals surface area contributed by atoms with Gasteiger partial charge in [-0.15, -0.1) is 0 Å². The molecule has 1 aromatic carbocycles. The Morgan fingerprint density at radius 1 is 1.25 bits per heavy atom. The maximum atomic E-state index is 12.9. The van der Waals surface area contributed by atoms with Crippen molar-refractivity contribution in [3.05, 3.63) is 30.3 Å². The van der Waals surface area contributed by atoms with Gasteiger partial charge in [-0.25, -0.2) is 0 Å². The van der Waals surface area contributed by atoms with Gasteiger partial charge in [-0.1, -0.05) is 39.0 Å². The highest BCUT2D eigenvalue weighted by Gasteiger charge is 2.35. The first-order valence-corrected chi connectivity index (χ1v) is 9.03. The molecular formula is C17H27NOS. The summed E-state index contributed by atoms with van der Waals surface area (Å²) in [6.45, 7) is 7.68. The fraction of sp³-hybridized carbons (Fsp3) is 0.647. The van der Waals surface area contributed by atoms with E-state index in [0.717, 1.165) is 24.3 Å². The van der Waals surface area contributed by atoms with Crippen LogP contribution in [0.15, 0.2) is 35.2 Å². The minimum absolute atomic E-state index is 0.249. The van der Waals surface area contributed by atoms with Crippen molar-refractivity contribution in [2.24, 2.45) is 11.8 Å². The summed E-state index contributed by atoms with van der Waals surface area (Å²) in [5.41, 5.74) is 0. The molecule has 0 aromatic heterocycles. The highest BCUT2D eigenvalue weighted by molar-refractivity contribution is 7.85. The average molecular weight is 293 g/mol. The van der Waals surface area contributed by atoms with Crippen LogP contribution in [0.25, 0.3) is 0 Å². The first kappa shape index (κ1) is 15.7. The summed E-state index contributed by atoms with van der Waals surface area (Å²) >= 11 is 0. The lowest BCUT2D eigenvalue weighted by Crippen LogP contribution is -2.47. The van der Waals surface area contributed by atoms with Gasteiger partial charge in [0, 0.05) is 10.9 Å². The molecule has 2 rings (SSSR count). The summed E-state index contributed by atoms with van der Waals surface area (Å²) < 4.78 is 12.9. The van der Waals surface area contributed by atoms with Crippen LogP contribution in [-0.4, -0.2) is 22.0 Å². The molecule has 0 heterocycles. The molecule has 0 amide bonds. The Kier molecular flexibility index (Phi) is 5.79. The molecule has 0 spiro atoms. The third-order valence-corrected chi connectivity index (χ3v) is 6.30. The minimum atomic E-state index is -0.901. The van der Waals surface area contributed by atoms with Crippen LogP contribution in [0.2, 0.25) is 0 Å². The average Bonchev–Trinajstić information content (AvgIpc) is 2.48. The van der Waals surface area contributed by atoms with Crippen molar-refractivity contribution in [2.45, 2.75) is 56.2 Å². The summed E-state index contributed by atoms with van der Waals surface area (Å²) in [7, 11) is -0.901. The van der Waals surface area contributed by atoms with E-state index in [9.17, 15) is 4.21 Å². The summed E-state index contributed by atoms with van der Waals surface area (Å²) in [5.74, 6) is 1.40. The SMILES string of the molecule is CCNC1CCC(C(C)C)CC1S(=O)c1ccccc1. The van der Waals surface area contributed by atoms with Crippen molar-refractivity contribution < 1.29 is 4.21 Å². The van der Waals surface area contributed by atoms with Crippen LogP contribution in [-0.2, 0) is 10.8 Å². The molecule has 0 aliphatic heterocycles. The van der Waals surface area contributed by atoms with Crippen LogP contribution in [0.5, 0.6) is 0 Å². The number of hydrogen-bond acceptors (Lipinski definition) is 2. The van der Waals surface area contributed by atoms with E-state index in [1.54, 1.807) is 0 Å². The molecule has 0 bridgehead atoms. The molecule has 4 atom stereocenters. The topological polar surface area (TPSA) is 29.1 Å². The van der Waals surface area contributed by atoms with Crippen molar-refractivity contribution in [2.75, 3.05) is 6.54 Å². The van der Waals surface area contributed by atoms with Crippen molar-refractivity contribution in [1.82, 2.24) is 5.32 Å². The third-order valence-electron chi connectivity index (χ3n) is 4.49. The standard InChI is InChI=1S/C17H27NOS/c1-4-18-16-11-10-14(13(2)3)12-17(16)20(19)15-8-6-5-7-9-15/h5-9,13-14,16-18H,4,10-12H2,1-3H3. The maximum absolute atomic E-state index is 12.9. The lowest BCUT2D eigenvalue weighted by atomic mass is 9.79. The van der Waals surface area contributed by atoms with Crippen LogP contribution in [0.3, 0.4) is 0 Å². The first-order valence-electron chi connectivity index (χ1n) is 7.82. The van der Waals surface area contributed by atoms with Gasteiger partial charge in [0.15, 0.2) is 0 Å². The van der Waals surface area contributed by atoms with Gasteiger partial charge >= 0.3 is 0 Å². The molecule has 4 unspecified atom stereocenters. The van der Waals surface area contributed by atoms with Gasteiger partial charge in [0.1, 0.15) is 0 Å². The molecule has 0 saturated heterocycles. The van der Waals surface area contributed by atoms with Crippen LogP contribution in [0.1, 0.15) is 40.0 Å². The molecule has 1 saturated carbocycles. The van der Waals surface area contributed by atoms with Gasteiger partial charge in [-0.05, 0) is 49.8 Å². The predicted molar refractivity (Wildman–Crippen MR) is 86.3 cm³/mol. The molecule has 3 heteroatoms. The number of rotatable bonds is 5. The Morgan fingerprint density at radius 2 is 1.95 bits per heavy atom. The lowest BCUT2D eigenvalue weighted by molar-refractivity contribution is 0.245. The molecule has 112 valence electrons. The zero-order chi connectivity index (χ0) is 14.5. The molecular weight excluding hydrogens is 266 g/mol. The fourth-order valence-corrected chi connectivity index (χ4v) is 4.95. The van der Waals surface area contributed by atoms with E-state index in [1.807, 2.05) is 30.3 Å². The second-order valence-corrected chi connectivity index (χ2v) is 7.80. The Bertz CT molecular complexity index is 432. The second-order valence-electron chi connectivity index (χ2n) is 6.13. The van der Waals surface area contributed by atoms with Gasteiger partial charge in [-0.3, -0.25) is 4.21 Å². The Labute approximate surface area is 125 Å². The number of benzene rings is 1. The van der Waals surface area contributed by atoms with Crippen LogP contribution in [0, 0.1) is 11.8 Å². The predicted octanol–water partition coefficient (Wildman–Crippen LogP) is 3.60. The quantitative estimate of drug-likeness (QED) is 0.899. The lowest BCUT2D eigenvalue weighted by Gasteiger charge is -2.37. The molecule has 1 aliphatic rings. The summed E-state index contributed by atoms with van der Waals surface area (Å²) in [6.07, 6.45) is 3.49. The van der Waals surface area contributed by atoms with E-state index < -0.39 is 10.8 Å². The van der Waals surface area contributed by atoms with E-state index in [0.29, 0.717) is 17.9 Å². The van der Waals surface area contributed by atoms with E-state index >= 15 is 0 Å². The van der Waals surface area contributed by atoms with Crippen molar-refractivity contribution in [1.29, 1.82) is 0 Å². The van der Waals surface area contributed by atoms with Gasteiger partial charge in [0.2, 0.25) is 0 Å². The monoisotopic (exact) mass is 293 g/mol. The minimum Gasteiger partial charge on any atom is -0.313 e. The van der Waals surface area contributed by atoms with Crippen molar-refractivity contribution >= 4 is 10.8 Å². The Balaban J connectivity index is 2.16. The van der Waals surface area contributed by atoms with Crippen molar-refractivity contribution in [3.8, 4) is 0 Å². The normalized spacial score (nSPS) is 28.5. The first-order chi connectivity index (χ1) is 9.63. The molecule has 1 aliphatic carbocycles. The molecule has 0 radical (unpaired) electrons. The summed E-state index contributed by atoms with van der Waals surface area (Å²) in [6, 6.07) is 10.4. The van der Waals surface area contributed by atoms with E-state index in [4.69, 9.17) is 0 Å². The number of nitrogens with one attached hydrogen (secondary N) is 1. The third kappa shape index (κ3) is 3.70. The second kappa shape index (κ2) is 7.37. The maximum Gasteiger partial charge on any atom is 0.0576 e.